The fraction of sp³-hybridized carbons (Fsp3) is 0. The molecule has 0 aliphatic heterocycles. The van der Waals surface area contributed by atoms with E-state index in [1.54, 1.807) is 0 Å². The Bertz CT molecular complexity index is 3360. The van der Waals surface area contributed by atoms with Crippen molar-refractivity contribution in [3.63, 3.8) is 0 Å². The monoisotopic (exact) mass is 699 g/mol. The minimum atomic E-state index is 0.591. The van der Waals surface area contributed by atoms with Gasteiger partial charge in [0.2, 0.25) is 0 Å². The van der Waals surface area contributed by atoms with Crippen LogP contribution < -0.4 is 0 Å². The van der Waals surface area contributed by atoms with Crippen LogP contribution in [0.1, 0.15) is 11.1 Å². The molecule has 55 heavy (non-hydrogen) atoms. The third kappa shape index (κ3) is 4.45. The van der Waals surface area contributed by atoms with Gasteiger partial charge in [0.25, 0.3) is 0 Å². The van der Waals surface area contributed by atoms with E-state index in [1.165, 1.54) is 10.8 Å². The van der Waals surface area contributed by atoms with Gasteiger partial charge in [-0.15, -0.1) is 0 Å². The summed E-state index contributed by atoms with van der Waals surface area (Å²) in [5.41, 5.74) is 12.5. The molecular formula is C50H29N5. The summed E-state index contributed by atoms with van der Waals surface area (Å²) in [7, 11) is 0. The van der Waals surface area contributed by atoms with Crippen LogP contribution in [0.15, 0.2) is 176 Å². The first-order valence-corrected chi connectivity index (χ1v) is 18.3. The highest BCUT2D eigenvalue weighted by Gasteiger charge is 2.20. The highest BCUT2D eigenvalue weighted by atomic mass is 15.0. The van der Waals surface area contributed by atoms with Crippen LogP contribution in [0, 0.1) is 22.7 Å². The van der Waals surface area contributed by atoms with E-state index in [2.05, 4.69) is 171 Å². The summed E-state index contributed by atoms with van der Waals surface area (Å²) in [6, 6.07) is 65.9. The maximum Gasteiger partial charge on any atom is 0.101 e. The predicted molar refractivity (Wildman–Crippen MR) is 224 cm³/mol. The Balaban J connectivity index is 1.15. The number of rotatable bonds is 4. The van der Waals surface area contributed by atoms with Crippen molar-refractivity contribution in [3.05, 3.63) is 187 Å². The molecule has 5 nitrogen and oxygen atoms in total. The van der Waals surface area contributed by atoms with Crippen molar-refractivity contribution in [1.29, 1.82) is 10.5 Å². The minimum absolute atomic E-state index is 0.591. The number of nitrogens with zero attached hydrogens (tertiary/aromatic N) is 5. The third-order valence-corrected chi connectivity index (χ3v) is 11.1. The molecular weight excluding hydrogens is 671 g/mol. The van der Waals surface area contributed by atoms with E-state index in [9.17, 15) is 10.5 Å². The molecule has 0 fully saturated rings. The largest absolute Gasteiger partial charge is 0.309 e. The first kappa shape index (κ1) is 30.7. The van der Waals surface area contributed by atoms with Gasteiger partial charge in [-0.25, -0.2) is 0 Å². The van der Waals surface area contributed by atoms with Gasteiger partial charge in [-0.3, -0.25) is 0 Å². The number of hydrogen-bond acceptors (Lipinski definition) is 2. The maximum atomic E-state index is 10.7. The van der Waals surface area contributed by atoms with E-state index in [0.29, 0.717) is 11.1 Å². The van der Waals surface area contributed by atoms with Crippen molar-refractivity contribution in [2.75, 3.05) is 0 Å². The fourth-order valence-corrected chi connectivity index (χ4v) is 8.76. The van der Waals surface area contributed by atoms with Crippen LogP contribution >= 0.6 is 0 Å². The third-order valence-electron chi connectivity index (χ3n) is 11.1. The van der Waals surface area contributed by atoms with Crippen molar-refractivity contribution in [2.24, 2.45) is 0 Å². The van der Waals surface area contributed by atoms with E-state index in [-0.39, 0.29) is 0 Å². The Morgan fingerprint density at radius 1 is 0.345 bits per heavy atom. The standard InChI is InChI=1S/C50H29N5/c51-30-32-21-25-49-42(27-32)41-24-23-35(53-45-17-7-2-12-37(45)38-13-3-8-18-46(38)53)29-50(41)55(49)44-16-6-1-11-36(44)33-22-26-43(34(28-33)31-52)54-47-19-9-4-14-39(47)40-15-5-10-20-48(40)54/h1-29H. The molecule has 0 radical (unpaired) electrons. The average molecular weight is 700 g/mol. The van der Waals surface area contributed by atoms with Crippen LogP contribution in [0.25, 0.3) is 93.6 Å². The van der Waals surface area contributed by atoms with Crippen molar-refractivity contribution >= 4 is 65.4 Å². The molecule has 0 saturated carbocycles. The quantitative estimate of drug-likeness (QED) is 0.184. The molecule has 3 heterocycles. The second-order valence-corrected chi connectivity index (χ2v) is 14.0. The van der Waals surface area contributed by atoms with Gasteiger partial charge in [-0.2, -0.15) is 10.5 Å². The van der Waals surface area contributed by atoms with Gasteiger partial charge < -0.3 is 13.7 Å². The van der Waals surface area contributed by atoms with Gasteiger partial charge in [-0.1, -0.05) is 103 Å². The van der Waals surface area contributed by atoms with Gasteiger partial charge in [0.15, 0.2) is 0 Å². The van der Waals surface area contributed by atoms with E-state index < -0.39 is 0 Å². The lowest BCUT2D eigenvalue weighted by molar-refractivity contribution is 1.15. The molecule has 11 aromatic rings. The molecule has 0 N–H and O–H groups in total. The summed E-state index contributed by atoms with van der Waals surface area (Å²) in [5, 5.41) is 27.4. The lowest BCUT2D eigenvalue weighted by Crippen LogP contribution is -2.00. The molecule has 0 unspecified atom stereocenters. The molecule has 0 aliphatic rings. The van der Waals surface area contributed by atoms with E-state index >= 15 is 0 Å². The molecule has 0 atom stereocenters. The number of fused-ring (bicyclic) bond motifs is 9. The van der Waals surface area contributed by atoms with Crippen LogP contribution in [0.4, 0.5) is 0 Å². The zero-order chi connectivity index (χ0) is 36.6. The van der Waals surface area contributed by atoms with Crippen molar-refractivity contribution < 1.29 is 0 Å². The second kappa shape index (κ2) is 11.8. The summed E-state index contributed by atoms with van der Waals surface area (Å²) in [5.74, 6) is 0. The lowest BCUT2D eigenvalue weighted by atomic mass is 10.00. The molecule has 3 aromatic heterocycles. The molecule has 0 saturated heterocycles. The fourth-order valence-electron chi connectivity index (χ4n) is 8.76. The number of benzene rings is 8. The van der Waals surface area contributed by atoms with Crippen LogP contribution in [-0.4, -0.2) is 13.7 Å². The Labute approximate surface area is 316 Å². The number of hydrogen-bond donors (Lipinski definition) is 0. The van der Waals surface area contributed by atoms with Crippen LogP contribution in [0.3, 0.4) is 0 Å². The topological polar surface area (TPSA) is 62.4 Å². The van der Waals surface area contributed by atoms with Crippen molar-refractivity contribution in [3.8, 4) is 40.3 Å². The molecule has 8 aromatic carbocycles. The number of para-hydroxylation sites is 5. The van der Waals surface area contributed by atoms with E-state index in [0.717, 1.165) is 82.8 Å². The van der Waals surface area contributed by atoms with Gasteiger partial charge >= 0.3 is 0 Å². The van der Waals surface area contributed by atoms with Crippen LogP contribution in [0.2, 0.25) is 0 Å². The highest BCUT2D eigenvalue weighted by Crippen LogP contribution is 2.40. The van der Waals surface area contributed by atoms with Gasteiger partial charge in [0.05, 0.1) is 61.7 Å². The van der Waals surface area contributed by atoms with Gasteiger partial charge in [-0.05, 0) is 78.4 Å². The number of aromatic nitrogens is 3. The minimum Gasteiger partial charge on any atom is -0.309 e. The Hall–Kier alpha value is -7.86. The van der Waals surface area contributed by atoms with Crippen molar-refractivity contribution in [2.45, 2.75) is 0 Å². The lowest BCUT2D eigenvalue weighted by Gasteiger charge is -2.16. The molecule has 254 valence electrons. The van der Waals surface area contributed by atoms with E-state index in [1.807, 2.05) is 30.3 Å². The second-order valence-electron chi connectivity index (χ2n) is 14.0. The first-order chi connectivity index (χ1) is 27.2. The molecule has 0 aliphatic carbocycles. The van der Waals surface area contributed by atoms with Crippen LogP contribution in [0.5, 0.6) is 0 Å². The Morgan fingerprint density at radius 3 is 1.49 bits per heavy atom. The van der Waals surface area contributed by atoms with Gasteiger partial charge in [0, 0.05) is 43.6 Å². The molecule has 0 spiro atoms. The molecule has 11 rings (SSSR count). The Kier molecular flexibility index (Phi) is 6.61. The Morgan fingerprint density at radius 2 is 0.873 bits per heavy atom. The summed E-state index contributed by atoms with van der Waals surface area (Å²) >= 11 is 0. The maximum absolute atomic E-state index is 10.7. The SMILES string of the molecule is N#Cc1ccc2c(c1)c1ccc(-n3c4ccccc4c4ccccc43)cc1n2-c1ccccc1-c1ccc(-n2c3ccccc3c3ccccc32)c(C#N)c1. The van der Waals surface area contributed by atoms with Crippen molar-refractivity contribution in [1.82, 2.24) is 13.7 Å². The zero-order valence-corrected chi connectivity index (χ0v) is 29.5. The molecule has 5 heteroatoms. The summed E-state index contributed by atoms with van der Waals surface area (Å²) in [6.07, 6.45) is 0. The molecule has 0 bridgehead atoms. The van der Waals surface area contributed by atoms with Crippen LogP contribution in [-0.2, 0) is 0 Å². The average Bonchev–Trinajstić information content (AvgIpc) is 3.88. The smallest absolute Gasteiger partial charge is 0.101 e. The van der Waals surface area contributed by atoms with Gasteiger partial charge in [0.1, 0.15) is 6.07 Å². The predicted octanol–water partition coefficient (Wildman–Crippen LogP) is 12.4. The summed E-state index contributed by atoms with van der Waals surface area (Å²) in [6.45, 7) is 0. The highest BCUT2D eigenvalue weighted by molar-refractivity contribution is 6.13. The number of nitriles is 2. The first-order valence-electron chi connectivity index (χ1n) is 18.3. The molecule has 0 amide bonds. The van der Waals surface area contributed by atoms with E-state index in [4.69, 9.17) is 0 Å². The zero-order valence-electron chi connectivity index (χ0n) is 29.5. The normalized spacial score (nSPS) is 11.6. The summed E-state index contributed by atoms with van der Waals surface area (Å²) in [4.78, 5) is 0. The summed E-state index contributed by atoms with van der Waals surface area (Å²) < 4.78 is 6.85.